The highest BCUT2D eigenvalue weighted by Crippen LogP contribution is 2.13. The van der Waals surface area contributed by atoms with Gasteiger partial charge in [0.1, 0.15) is 16.7 Å². The lowest BCUT2D eigenvalue weighted by Gasteiger charge is -2.22. The number of likely N-dealkylation sites (N-methyl/N-ethyl adjacent to an activating group) is 1. The van der Waals surface area contributed by atoms with Crippen LogP contribution >= 0.6 is 12.2 Å². The maximum atomic E-state index is 11.9. The summed E-state index contributed by atoms with van der Waals surface area (Å²) in [6.07, 6.45) is 1.62. The van der Waals surface area contributed by atoms with Crippen molar-refractivity contribution >= 4 is 28.8 Å². The summed E-state index contributed by atoms with van der Waals surface area (Å²) >= 11 is 4.92. The van der Waals surface area contributed by atoms with Gasteiger partial charge in [0, 0.05) is 19.8 Å². The molecule has 3 N–H and O–H groups in total. The van der Waals surface area contributed by atoms with Crippen LogP contribution in [0.1, 0.15) is 19.5 Å². The van der Waals surface area contributed by atoms with Crippen molar-refractivity contribution in [1.29, 1.82) is 0 Å². The molecular weight excluding hydrogens is 248 g/mol. The molecule has 98 valence electrons. The first kappa shape index (κ1) is 14.4. The van der Waals surface area contributed by atoms with Gasteiger partial charge in [0.25, 0.3) is 0 Å². The molecule has 1 heterocycles. The minimum Gasteiger partial charge on any atom is -0.388 e. The third-order valence-corrected chi connectivity index (χ3v) is 2.83. The first-order valence-electron chi connectivity index (χ1n) is 5.73. The van der Waals surface area contributed by atoms with Gasteiger partial charge in [-0.15, -0.1) is 0 Å². The number of carbonyl (C=O) groups excluding carboxylic acids is 1. The Morgan fingerprint density at radius 2 is 2.33 bits per heavy atom. The highest BCUT2D eigenvalue weighted by atomic mass is 32.1. The summed E-state index contributed by atoms with van der Waals surface area (Å²) in [5.74, 6) is 0.00948. The van der Waals surface area contributed by atoms with E-state index in [9.17, 15) is 4.79 Å². The van der Waals surface area contributed by atoms with Crippen molar-refractivity contribution < 1.29 is 4.79 Å². The van der Waals surface area contributed by atoms with Gasteiger partial charge < -0.3 is 16.0 Å². The van der Waals surface area contributed by atoms with E-state index in [1.807, 2.05) is 6.92 Å². The van der Waals surface area contributed by atoms with Gasteiger partial charge in [0.15, 0.2) is 0 Å². The fourth-order valence-electron chi connectivity index (χ4n) is 1.50. The van der Waals surface area contributed by atoms with Crippen LogP contribution in [-0.2, 0) is 4.79 Å². The molecule has 0 fully saturated rings. The Bertz CT molecular complexity index is 449. The number of nitrogens with two attached hydrogens (primary N) is 1. The van der Waals surface area contributed by atoms with Gasteiger partial charge >= 0.3 is 0 Å². The van der Waals surface area contributed by atoms with Gasteiger partial charge in [-0.25, -0.2) is 0 Å². The molecule has 1 unspecified atom stereocenters. The Labute approximate surface area is 112 Å². The van der Waals surface area contributed by atoms with Crippen molar-refractivity contribution in [3.05, 3.63) is 24.0 Å². The molecule has 0 spiro atoms. The molecule has 6 heteroatoms. The lowest BCUT2D eigenvalue weighted by Crippen LogP contribution is -2.39. The predicted octanol–water partition coefficient (Wildman–Crippen LogP) is 0.994. The van der Waals surface area contributed by atoms with Crippen LogP contribution in [0.4, 0.5) is 5.69 Å². The molecule has 1 aromatic rings. The van der Waals surface area contributed by atoms with Gasteiger partial charge in [-0.1, -0.05) is 12.2 Å². The van der Waals surface area contributed by atoms with Crippen LogP contribution < -0.4 is 11.1 Å². The Balaban J connectivity index is 2.85. The third kappa shape index (κ3) is 3.40. The van der Waals surface area contributed by atoms with Crippen molar-refractivity contribution in [3.8, 4) is 0 Å². The molecule has 0 bridgehead atoms. The summed E-state index contributed by atoms with van der Waals surface area (Å²) in [6, 6.07) is 3.22. The second-order valence-electron chi connectivity index (χ2n) is 3.98. The Morgan fingerprint density at radius 1 is 1.67 bits per heavy atom. The third-order valence-electron chi connectivity index (χ3n) is 2.63. The fourth-order valence-corrected chi connectivity index (χ4v) is 1.66. The van der Waals surface area contributed by atoms with Crippen LogP contribution in [0.15, 0.2) is 18.3 Å². The van der Waals surface area contributed by atoms with Crippen LogP contribution in [0.5, 0.6) is 0 Å². The standard InChI is InChI=1S/C12H18N4OS/c1-4-16(3)12(17)8(2)15-9-6-5-7-14-10(9)11(13)18/h5-8,15H,4H2,1-3H3,(H2,13,18). The van der Waals surface area contributed by atoms with E-state index < -0.39 is 0 Å². The van der Waals surface area contributed by atoms with Gasteiger partial charge in [-0.2, -0.15) is 0 Å². The van der Waals surface area contributed by atoms with Gasteiger partial charge in [-0.05, 0) is 26.0 Å². The largest absolute Gasteiger partial charge is 0.388 e. The zero-order valence-corrected chi connectivity index (χ0v) is 11.6. The maximum Gasteiger partial charge on any atom is 0.244 e. The van der Waals surface area contributed by atoms with Crippen molar-refractivity contribution in [2.45, 2.75) is 19.9 Å². The molecule has 0 aliphatic rings. The number of nitrogens with zero attached hydrogens (tertiary/aromatic N) is 2. The van der Waals surface area contributed by atoms with Gasteiger partial charge in [0.05, 0.1) is 5.69 Å². The molecule has 0 aliphatic carbocycles. The van der Waals surface area contributed by atoms with E-state index in [1.165, 1.54) is 0 Å². The first-order valence-corrected chi connectivity index (χ1v) is 6.14. The molecule has 1 rings (SSSR count). The average Bonchev–Trinajstić information content (AvgIpc) is 2.37. The molecule has 1 aromatic heterocycles. The number of thiocarbonyl (C=S) groups is 1. The van der Waals surface area contributed by atoms with E-state index in [0.717, 1.165) is 0 Å². The van der Waals surface area contributed by atoms with E-state index >= 15 is 0 Å². The number of nitrogens with one attached hydrogen (secondary N) is 1. The van der Waals surface area contributed by atoms with E-state index in [4.69, 9.17) is 18.0 Å². The van der Waals surface area contributed by atoms with E-state index in [2.05, 4.69) is 10.3 Å². The Hall–Kier alpha value is -1.69. The van der Waals surface area contributed by atoms with E-state index in [1.54, 1.807) is 37.2 Å². The monoisotopic (exact) mass is 266 g/mol. The summed E-state index contributed by atoms with van der Waals surface area (Å²) in [7, 11) is 1.76. The SMILES string of the molecule is CCN(C)C(=O)C(C)Nc1cccnc1C(N)=S. The first-order chi connectivity index (χ1) is 8.47. The summed E-state index contributed by atoms with van der Waals surface area (Å²) in [5, 5.41) is 3.09. The van der Waals surface area contributed by atoms with Crippen molar-refractivity contribution in [2.24, 2.45) is 5.73 Å². The van der Waals surface area contributed by atoms with Gasteiger partial charge in [-0.3, -0.25) is 9.78 Å². The summed E-state index contributed by atoms with van der Waals surface area (Å²) in [6.45, 7) is 4.39. The number of hydrogen-bond donors (Lipinski definition) is 2. The molecule has 1 atom stereocenters. The van der Waals surface area contributed by atoms with Crippen LogP contribution in [0.3, 0.4) is 0 Å². The summed E-state index contributed by atoms with van der Waals surface area (Å²) in [4.78, 5) is 17.9. The zero-order valence-electron chi connectivity index (χ0n) is 10.8. The van der Waals surface area contributed by atoms with E-state index in [-0.39, 0.29) is 16.9 Å². The molecule has 0 aliphatic heterocycles. The molecule has 18 heavy (non-hydrogen) atoms. The number of pyridine rings is 1. The Morgan fingerprint density at radius 3 is 2.89 bits per heavy atom. The number of carbonyl (C=O) groups is 1. The number of aromatic nitrogens is 1. The molecule has 5 nitrogen and oxygen atoms in total. The fraction of sp³-hybridized carbons (Fsp3) is 0.417. The Kier molecular flexibility index (Phi) is 5.03. The summed E-state index contributed by atoms with van der Waals surface area (Å²) in [5.41, 5.74) is 6.77. The van der Waals surface area contributed by atoms with E-state index in [0.29, 0.717) is 17.9 Å². The predicted molar refractivity (Wildman–Crippen MR) is 76.5 cm³/mol. The molecule has 0 saturated carbocycles. The second-order valence-corrected chi connectivity index (χ2v) is 4.42. The normalized spacial score (nSPS) is 11.7. The molecule has 1 amide bonds. The maximum absolute atomic E-state index is 11.9. The van der Waals surface area contributed by atoms with Crippen LogP contribution in [0, 0.1) is 0 Å². The number of anilines is 1. The molecular formula is C12H18N4OS. The van der Waals surface area contributed by atoms with Gasteiger partial charge in [0.2, 0.25) is 5.91 Å². The zero-order chi connectivity index (χ0) is 13.7. The number of amides is 1. The number of rotatable bonds is 5. The van der Waals surface area contributed by atoms with Crippen molar-refractivity contribution in [2.75, 3.05) is 18.9 Å². The van der Waals surface area contributed by atoms with Crippen LogP contribution in [0.25, 0.3) is 0 Å². The second kappa shape index (κ2) is 6.30. The molecule has 0 saturated heterocycles. The highest BCUT2D eigenvalue weighted by Gasteiger charge is 2.17. The minimum absolute atomic E-state index is 0.00948. The van der Waals surface area contributed by atoms with Crippen LogP contribution in [0.2, 0.25) is 0 Å². The lowest BCUT2D eigenvalue weighted by atomic mass is 10.2. The minimum atomic E-state index is -0.354. The topological polar surface area (TPSA) is 71.2 Å². The molecule has 0 aromatic carbocycles. The van der Waals surface area contributed by atoms with Crippen LogP contribution in [-0.4, -0.2) is 40.4 Å². The number of hydrogen-bond acceptors (Lipinski definition) is 4. The lowest BCUT2D eigenvalue weighted by molar-refractivity contribution is -0.130. The molecule has 0 radical (unpaired) electrons. The quantitative estimate of drug-likeness (QED) is 0.778. The van der Waals surface area contributed by atoms with Crippen molar-refractivity contribution in [1.82, 2.24) is 9.88 Å². The summed E-state index contributed by atoms with van der Waals surface area (Å²) < 4.78 is 0. The van der Waals surface area contributed by atoms with Crippen molar-refractivity contribution in [3.63, 3.8) is 0 Å². The average molecular weight is 266 g/mol. The smallest absolute Gasteiger partial charge is 0.244 e. The highest BCUT2D eigenvalue weighted by molar-refractivity contribution is 7.80.